The molecule has 1 fully saturated rings. The number of carbonyl (C=O) groups is 2. The molecule has 1 aliphatic rings. The maximum absolute atomic E-state index is 13.2. The lowest BCUT2D eigenvalue weighted by Crippen LogP contribution is -2.45. The number of fused-ring (bicyclic) bond motifs is 1. The van der Waals surface area contributed by atoms with Crippen LogP contribution in [0.15, 0.2) is 66.7 Å². The normalized spacial score (nSPS) is 14.9. The summed E-state index contributed by atoms with van der Waals surface area (Å²) in [5.41, 5.74) is 1.14. The van der Waals surface area contributed by atoms with E-state index in [1.807, 2.05) is 6.07 Å². The zero-order valence-electron chi connectivity index (χ0n) is 18.3. The zero-order valence-corrected chi connectivity index (χ0v) is 18.3. The fourth-order valence-electron chi connectivity index (χ4n) is 3.95. The van der Waals surface area contributed by atoms with Crippen molar-refractivity contribution in [2.45, 2.75) is 19.3 Å². The highest BCUT2D eigenvalue weighted by Crippen LogP contribution is 2.32. The molecule has 0 unspecified atom stereocenters. The van der Waals surface area contributed by atoms with Crippen molar-refractivity contribution in [3.05, 3.63) is 83.4 Å². The number of alkyl halides is 3. The van der Waals surface area contributed by atoms with E-state index < -0.39 is 23.7 Å². The maximum atomic E-state index is 13.2. The number of piperazine rings is 1. The van der Waals surface area contributed by atoms with Gasteiger partial charge in [-0.1, -0.05) is 60.7 Å². The van der Waals surface area contributed by atoms with Crippen molar-refractivity contribution in [1.82, 2.24) is 9.80 Å². The second kappa shape index (κ2) is 11.1. The van der Waals surface area contributed by atoms with Crippen LogP contribution in [0.4, 0.5) is 13.2 Å². The van der Waals surface area contributed by atoms with E-state index in [9.17, 15) is 13.2 Å². The highest BCUT2D eigenvalue weighted by atomic mass is 19.4. The standard InChI is InChI=1S/C23H23F3N2.C2H2O4/c24-23(25,26)22-11-4-2-7-20(22)17-28-14-12-27(13-15-28)16-19-9-5-8-18-6-1-3-10-21(18)19;3-1(4)2(5)6/h1-11H,12-17H2;(H,3,4)(H,5,6). The number of aliphatic carboxylic acids is 2. The average molecular weight is 474 g/mol. The molecule has 0 spiro atoms. The van der Waals surface area contributed by atoms with Gasteiger partial charge in [-0.3, -0.25) is 9.80 Å². The predicted octanol–water partition coefficient (Wildman–Crippen LogP) is 4.33. The van der Waals surface area contributed by atoms with Gasteiger partial charge in [0.05, 0.1) is 5.56 Å². The number of benzene rings is 3. The third kappa shape index (κ3) is 6.79. The number of rotatable bonds is 4. The van der Waals surface area contributed by atoms with Crippen molar-refractivity contribution in [2.75, 3.05) is 26.2 Å². The number of hydrogen-bond acceptors (Lipinski definition) is 4. The summed E-state index contributed by atoms with van der Waals surface area (Å²) in [6.07, 6.45) is -4.30. The van der Waals surface area contributed by atoms with E-state index in [1.165, 1.54) is 28.5 Å². The molecule has 180 valence electrons. The lowest BCUT2D eigenvalue weighted by atomic mass is 10.0. The molecule has 0 atom stereocenters. The molecule has 3 aromatic rings. The van der Waals surface area contributed by atoms with Crippen LogP contribution in [0.3, 0.4) is 0 Å². The molecule has 2 N–H and O–H groups in total. The Labute approximate surface area is 194 Å². The van der Waals surface area contributed by atoms with Gasteiger partial charge in [-0.2, -0.15) is 13.2 Å². The van der Waals surface area contributed by atoms with Crippen LogP contribution >= 0.6 is 0 Å². The third-order valence-electron chi connectivity index (χ3n) is 5.64. The van der Waals surface area contributed by atoms with Crippen LogP contribution in [0.2, 0.25) is 0 Å². The minimum absolute atomic E-state index is 0.345. The number of hydrogen-bond donors (Lipinski definition) is 2. The minimum Gasteiger partial charge on any atom is -0.473 e. The Morgan fingerprint density at radius 3 is 1.76 bits per heavy atom. The number of nitrogens with zero attached hydrogens (tertiary/aromatic N) is 2. The van der Waals surface area contributed by atoms with Crippen LogP contribution in [-0.2, 0) is 28.9 Å². The van der Waals surface area contributed by atoms with Gasteiger partial charge in [0.1, 0.15) is 0 Å². The molecule has 1 heterocycles. The zero-order chi connectivity index (χ0) is 24.7. The summed E-state index contributed by atoms with van der Waals surface area (Å²) in [4.78, 5) is 22.7. The summed E-state index contributed by atoms with van der Waals surface area (Å²) in [5, 5.41) is 17.3. The topological polar surface area (TPSA) is 81.1 Å². The quantitative estimate of drug-likeness (QED) is 0.548. The highest BCUT2D eigenvalue weighted by Gasteiger charge is 2.33. The van der Waals surface area contributed by atoms with E-state index in [-0.39, 0.29) is 0 Å². The number of carboxylic acid groups (broad SMARTS) is 2. The van der Waals surface area contributed by atoms with Gasteiger partial charge >= 0.3 is 18.1 Å². The smallest absolute Gasteiger partial charge is 0.416 e. The first kappa shape index (κ1) is 25.2. The van der Waals surface area contributed by atoms with E-state index >= 15 is 0 Å². The monoisotopic (exact) mass is 474 g/mol. The Bertz CT molecular complexity index is 1120. The van der Waals surface area contributed by atoms with Crippen LogP contribution < -0.4 is 0 Å². The first-order valence-corrected chi connectivity index (χ1v) is 10.7. The molecule has 1 aliphatic heterocycles. The van der Waals surface area contributed by atoms with Gasteiger partial charge < -0.3 is 10.2 Å². The molecule has 4 rings (SSSR count). The molecule has 0 aromatic heterocycles. The fraction of sp³-hybridized carbons (Fsp3) is 0.280. The largest absolute Gasteiger partial charge is 0.473 e. The van der Waals surface area contributed by atoms with Crippen LogP contribution in [0, 0.1) is 0 Å². The first-order chi connectivity index (χ1) is 16.1. The maximum Gasteiger partial charge on any atom is 0.416 e. The number of carboxylic acids is 2. The van der Waals surface area contributed by atoms with E-state index in [0.29, 0.717) is 12.1 Å². The van der Waals surface area contributed by atoms with Crippen LogP contribution in [0.1, 0.15) is 16.7 Å². The van der Waals surface area contributed by atoms with Crippen LogP contribution in [0.25, 0.3) is 10.8 Å². The highest BCUT2D eigenvalue weighted by molar-refractivity contribution is 6.27. The summed E-state index contributed by atoms with van der Waals surface area (Å²) in [6.45, 7) is 4.48. The second-order valence-electron chi connectivity index (χ2n) is 7.96. The van der Waals surface area contributed by atoms with Gasteiger partial charge in [0.15, 0.2) is 0 Å². The molecule has 6 nitrogen and oxygen atoms in total. The summed E-state index contributed by atoms with van der Waals surface area (Å²) >= 11 is 0. The van der Waals surface area contributed by atoms with Gasteiger partial charge in [-0.05, 0) is 28.0 Å². The Morgan fingerprint density at radius 1 is 0.706 bits per heavy atom. The third-order valence-corrected chi connectivity index (χ3v) is 5.64. The van der Waals surface area contributed by atoms with E-state index in [4.69, 9.17) is 19.8 Å². The first-order valence-electron chi connectivity index (χ1n) is 10.7. The number of halogens is 3. The van der Waals surface area contributed by atoms with Crippen molar-refractivity contribution in [1.29, 1.82) is 0 Å². The molecule has 0 aliphatic carbocycles. The van der Waals surface area contributed by atoms with Crippen molar-refractivity contribution in [3.63, 3.8) is 0 Å². The molecule has 1 saturated heterocycles. The van der Waals surface area contributed by atoms with E-state index in [2.05, 4.69) is 46.2 Å². The summed E-state index contributed by atoms with van der Waals surface area (Å²) < 4.78 is 39.6. The molecule has 34 heavy (non-hydrogen) atoms. The van der Waals surface area contributed by atoms with Gasteiger partial charge in [0, 0.05) is 39.3 Å². The van der Waals surface area contributed by atoms with Crippen molar-refractivity contribution in [2.24, 2.45) is 0 Å². The van der Waals surface area contributed by atoms with Gasteiger partial charge in [-0.15, -0.1) is 0 Å². The van der Waals surface area contributed by atoms with Gasteiger partial charge in [0.2, 0.25) is 0 Å². The molecule has 0 amide bonds. The SMILES string of the molecule is FC(F)(F)c1ccccc1CN1CCN(Cc2cccc3ccccc23)CC1.O=C(O)C(=O)O. The minimum atomic E-state index is -4.30. The van der Waals surface area contributed by atoms with Crippen molar-refractivity contribution in [3.8, 4) is 0 Å². The molecular weight excluding hydrogens is 449 g/mol. The average Bonchev–Trinajstić information content (AvgIpc) is 2.81. The van der Waals surface area contributed by atoms with Crippen molar-refractivity contribution >= 4 is 22.7 Å². The Morgan fingerprint density at radius 2 is 1.18 bits per heavy atom. The summed E-state index contributed by atoms with van der Waals surface area (Å²) in [5.74, 6) is -3.65. The molecular formula is C25H25F3N2O4. The predicted molar refractivity (Wildman–Crippen MR) is 121 cm³/mol. The molecule has 3 aromatic carbocycles. The van der Waals surface area contributed by atoms with E-state index in [1.54, 1.807) is 12.1 Å². The Balaban J connectivity index is 0.000000481. The molecule has 0 radical (unpaired) electrons. The lowest BCUT2D eigenvalue weighted by Gasteiger charge is -2.35. The van der Waals surface area contributed by atoms with Gasteiger partial charge in [-0.25, -0.2) is 9.59 Å². The Kier molecular flexibility index (Phi) is 8.25. The van der Waals surface area contributed by atoms with Crippen molar-refractivity contribution < 1.29 is 33.0 Å². The van der Waals surface area contributed by atoms with E-state index in [0.717, 1.165) is 32.7 Å². The fourth-order valence-corrected chi connectivity index (χ4v) is 3.95. The molecule has 0 bridgehead atoms. The molecule has 9 heteroatoms. The summed E-state index contributed by atoms with van der Waals surface area (Å²) in [7, 11) is 0. The van der Waals surface area contributed by atoms with Crippen LogP contribution in [0.5, 0.6) is 0 Å². The second-order valence-corrected chi connectivity index (χ2v) is 7.96. The molecule has 0 saturated carbocycles. The lowest BCUT2D eigenvalue weighted by molar-refractivity contribution is -0.159. The van der Waals surface area contributed by atoms with Crippen LogP contribution in [-0.4, -0.2) is 58.1 Å². The Hall–Kier alpha value is -3.43. The van der Waals surface area contributed by atoms with Gasteiger partial charge in [0.25, 0.3) is 0 Å². The summed E-state index contributed by atoms with van der Waals surface area (Å²) in [6, 6.07) is 20.6.